The average molecular weight is 344 g/mol. The minimum absolute atomic E-state index is 0.0634. The molecule has 1 saturated heterocycles. The van der Waals surface area contributed by atoms with Crippen LogP contribution >= 0.6 is 0 Å². The van der Waals surface area contributed by atoms with Gasteiger partial charge in [0.15, 0.2) is 0 Å². The summed E-state index contributed by atoms with van der Waals surface area (Å²) in [4.78, 5) is 60.6. The highest BCUT2D eigenvalue weighted by Crippen LogP contribution is 2.29. The van der Waals surface area contributed by atoms with Gasteiger partial charge < -0.3 is 10.6 Å². The van der Waals surface area contributed by atoms with Crippen molar-refractivity contribution in [1.29, 1.82) is 0 Å². The van der Waals surface area contributed by atoms with E-state index in [1.165, 1.54) is 18.2 Å². The molecule has 25 heavy (non-hydrogen) atoms. The molecule has 0 spiro atoms. The lowest BCUT2D eigenvalue weighted by Crippen LogP contribution is -2.44. The van der Waals surface area contributed by atoms with Crippen molar-refractivity contribution in [2.24, 2.45) is 0 Å². The molecular weight excluding hydrogens is 328 g/mol. The van der Waals surface area contributed by atoms with Crippen LogP contribution in [0.3, 0.4) is 0 Å². The van der Waals surface area contributed by atoms with Crippen molar-refractivity contribution >= 4 is 35.3 Å². The van der Waals surface area contributed by atoms with Crippen LogP contribution in [0.15, 0.2) is 18.2 Å². The molecule has 1 fully saturated rings. The maximum atomic E-state index is 12.5. The second-order valence-electron chi connectivity index (χ2n) is 6.13. The molecular formula is C16H16N4O5. The summed E-state index contributed by atoms with van der Waals surface area (Å²) in [5.74, 6) is -2.50. The van der Waals surface area contributed by atoms with Crippen LogP contribution in [-0.2, 0) is 9.59 Å². The fraction of sp³-hybridized carbons (Fsp3) is 0.312. The molecule has 130 valence electrons. The van der Waals surface area contributed by atoms with Crippen molar-refractivity contribution < 1.29 is 24.0 Å². The van der Waals surface area contributed by atoms with E-state index in [1.54, 1.807) is 13.8 Å². The Bertz CT molecular complexity index is 817. The van der Waals surface area contributed by atoms with E-state index in [0.717, 1.165) is 4.90 Å². The van der Waals surface area contributed by atoms with Crippen molar-refractivity contribution in [3.05, 3.63) is 29.3 Å². The number of rotatable bonds is 3. The van der Waals surface area contributed by atoms with Crippen LogP contribution < -0.4 is 16.0 Å². The fourth-order valence-electron chi connectivity index (χ4n) is 2.80. The first-order valence-electron chi connectivity index (χ1n) is 7.71. The van der Waals surface area contributed by atoms with Crippen molar-refractivity contribution in [1.82, 2.24) is 15.5 Å². The first-order valence-corrected chi connectivity index (χ1v) is 7.71. The van der Waals surface area contributed by atoms with E-state index in [-0.39, 0.29) is 23.6 Å². The van der Waals surface area contributed by atoms with Gasteiger partial charge in [-0.05, 0) is 32.0 Å². The van der Waals surface area contributed by atoms with Crippen LogP contribution in [-0.4, -0.2) is 46.6 Å². The number of anilines is 1. The largest absolute Gasteiger partial charge is 0.336 e. The highest BCUT2D eigenvalue weighted by atomic mass is 16.2. The van der Waals surface area contributed by atoms with Crippen molar-refractivity contribution in [3.8, 4) is 0 Å². The molecule has 1 aromatic carbocycles. The Morgan fingerprint density at radius 3 is 2.44 bits per heavy atom. The number of nitrogens with one attached hydrogen (secondary N) is 3. The lowest BCUT2D eigenvalue weighted by atomic mass is 10.1. The SMILES string of the molecule is CC(C)NC(=O)Nc1ccc2c(c1)C(=O)N(C1CC(=O)NC1=O)C2=O. The minimum Gasteiger partial charge on any atom is -0.336 e. The molecule has 6 amide bonds. The normalized spacial score (nSPS) is 19.3. The molecule has 2 aliphatic rings. The first-order chi connectivity index (χ1) is 11.8. The smallest absolute Gasteiger partial charge is 0.319 e. The zero-order valence-corrected chi connectivity index (χ0v) is 13.6. The number of amides is 6. The molecule has 3 N–H and O–H groups in total. The fourth-order valence-corrected chi connectivity index (χ4v) is 2.80. The zero-order chi connectivity index (χ0) is 18.3. The molecule has 0 bridgehead atoms. The Hall–Kier alpha value is -3.23. The van der Waals surface area contributed by atoms with Gasteiger partial charge in [-0.2, -0.15) is 0 Å². The van der Waals surface area contributed by atoms with Crippen LogP contribution in [0.25, 0.3) is 0 Å². The predicted octanol–water partition coefficient (Wildman–Crippen LogP) is 0.228. The third-order valence-corrected chi connectivity index (χ3v) is 3.85. The Kier molecular flexibility index (Phi) is 3.99. The Labute approximate surface area is 142 Å². The number of urea groups is 1. The summed E-state index contributed by atoms with van der Waals surface area (Å²) < 4.78 is 0. The van der Waals surface area contributed by atoms with E-state index in [0.29, 0.717) is 5.69 Å². The minimum atomic E-state index is -1.14. The lowest BCUT2D eigenvalue weighted by Gasteiger charge is -2.18. The van der Waals surface area contributed by atoms with E-state index in [2.05, 4.69) is 16.0 Å². The van der Waals surface area contributed by atoms with Crippen LogP contribution in [0.1, 0.15) is 41.0 Å². The number of fused-ring (bicyclic) bond motifs is 1. The van der Waals surface area contributed by atoms with Gasteiger partial charge in [0.05, 0.1) is 17.5 Å². The van der Waals surface area contributed by atoms with Gasteiger partial charge >= 0.3 is 6.03 Å². The molecule has 0 aliphatic carbocycles. The third kappa shape index (κ3) is 2.95. The number of benzene rings is 1. The number of carbonyl (C=O) groups is 5. The quantitative estimate of drug-likeness (QED) is 0.677. The zero-order valence-electron chi connectivity index (χ0n) is 13.6. The predicted molar refractivity (Wildman–Crippen MR) is 85.8 cm³/mol. The van der Waals surface area contributed by atoms with Crippen LogP contribution in [0.5, 0.6) is 0 Å². The summed E-state index contributed by atoms with van der Waals surface area (Å²) in [5.41, 5.74) is 0.554. The van der Waals surface area contributed by atoms with Gasteiger partial charge in [-0.15, -0.1) is 0 Å². The topological polar surface area (TPSA) is 125 Å². The number of carbonyl (C=O) groups excluding carboxylic acids is 5. The third-order valence-electron chi connectivity index (χ3n) is 3.85. The summed E-state index contributed by atoms with van der Waals surface area (Å²) in [6.07, 6.45) is -0.244. The molecule has 1 unspecified atom stereocenters. The van der Waals surface area contributed by atoms with E-state index < -0.39 is 35.7 Å². The number of imide groups is 2. The molecule has 9 heteroatoms. The summed E-state index contributed by atoms with van der Waals surface area (Å²) in [6, 6.07) is 2.64. The highest BCUT2D eigenvalue weighted by molar-refractivity contribution is 6.24. The standard InChI is InChI=1S/C16H16N4O5/c1-7(2)17-16(25)18-8-3-4-9-10(5-8)15(24)20(14(9)23)11-6-12(21)19-13(11)22/h3-5,7,11H,6H2,1-2H3,(H2,17,18,25)(H,19,21,22). The molecule has 1 atom stereocenters. The second kappa shape index (κ2) is 6.00. The van der Waals surface area contributed by atoms with Crippen LogP contribution in [0, 0.1) is 0 Å². The number of hydrogen-bond donors (Lipinski definition) is 3. The summed E-state index contributed by atoms with van der Waals surface area (Å²) in [7, 11) is 0. The molecule has 3 rings (SSSR count). The van der Waals surface area contributed by atoms with Crippen molar-refractivity contribution in [2.45, 2.75) is 32.4 Å². The summed E-state index contributed by atoms with van der Waals surface area (Å²) in [5, 5.41) is 7.29. The Morgan fingerprint density at radius 2 is 1.84 bits per heavy atom. The van der Waals surface area contributed by atoms with Gasteiger partial charge in [0.25, 0.3) is 11.8 Å². The van der Waals surface area contributed by atoms with Crippen LogP contribution in [0.4, 0.5) is 10.5 Å². The Balaban J connectivity index is 1.85. The van der Waals surface area contributed by atoms with Crippen molar-refractivity contribution in [3.63, 3.8) is 0 Å². The van der Waals surface area contributed by atoms with E-state index in [9.17, 15) is 24.0 Å². The highest BCUT2D eigenvalue weighted by Gasteiger charge is 2.46. The molecule has 9 nitrogen and oxygen atoms in total. The summed E-state index contributed by atoms with van der Waals surface area (Å²) >= 11 is 0. The molecule has 1 aromatic rings. The molecule has 0 saturated carbocycles. The Morgan fingerprint density at radius 1 is 1.16 bits per heavy atom. The van der Waals surface area contributed by atoms with Crippen LogP contribution in [0.2, 0.25) is 0 Å². The van der Waals surface area contributed by atoms with E-state index in [4.69, 9.17) is 0 Å². The van der Waals surface area contributed by atoms with Crippen molar-refractivity contribution in [2.75, 3.05) is 5.32 Å². The van der Waals surface area contributed by atoms with Gasteiger partial charge in [-0.25, -0.2) is 4.79 Å². The van der Waals surface area contributed by atoms with Gasteiger partial charge in [0.2, 0.25) is 11.8 Å². The van der Waals surface area contributed by atoms with E-state index >= 15 is 0 Å². The second-order valence-corrected chi connectivity index (χ2v) is 6.13. The number of nitrogens with zero attached hydrogens (tertiary/aromatic N) is 1. The monoisotopic (exact) mass is 344 g/mol. The molecule has 2 heterocycles. The van der Waals surface area contributed by atoms with Gasteiger partial charge in [-0.1, -0.05) is 0 Å². The van der Waals surface area contributed by atoms with Gasteiger partial charge in [0, 0.05) is 11.7 Å². The maximum absolute atomic E-state index is 12.5. The maximum Gasteiger partial charge on any atom is 0.319 e. The molecule has 0 radical (unpaired) electrons. The summed E-state index contributed by atoms with van der Waals surface area (Å²) in [6.45, 7) is 3.60. The molecule has 0 aromatic heterocycles. The van der Waals surface area contributed by atoms with Gasteiger partial charge in [0.1, 0.15) is 6.04 Å². The van der Waals surface area contributed by atoms with E-state index in [1.807, 2.05) is 0 Å². The lowest BCUT2D eigenvalue weighted by molar-refractivity contribution is -0.125. The van der Waals surface area contributed by atoms with Gasteiger partial charge in [-0.3, -0.25) is 29.4 Å². The first kappa shape index (κ1) is 16.6. The molecule has 2 aliphatic heterocycles. The number of hydrogen-bond acceptors (Lipinski definition) is 5. The average Bonchev–Trinajstić information content (AvgIpc) is 2.95.